The first-order valence-corrected chi connectivity index (χ1v) is 7.17. The molecule has 0 saturated heterocycles. The summed E-state index contributed by atoms with van der Waals surface area (Å²) in [6, 6.07) is 13.8. The Morgan fingerprint density at radius 3 is 2.78 bits per heavy atom. The third-order valence-electron chi connectivity index (χ3n) is 3.53. The molecule has 0 fully saturated rings. The van der Waals surface area contributed by atoms with Crippen molar-refractivity contribution in [1.29, 1.82) is 0 Å². The largest absolute Gasteiger partial charge is 0.273 e. The maximum atomic E-state index is 10.9. The summed E-state index contributed by atoms with van der Waals surface area (Å²) in [5.41, 5.74) is 2.02. The Labute approximate surface area is 134 Å². The van der Waals surface area contributed by atoms with E-state index in [1.165, 1.54) is 12.1 Å². The normalized spacial score (nSPS) is 11.1. The lowest BCUT2D eigenvalue weighted by Gasteiger charge is -1.98. The topological polar surface area (TPSA) is 89.1 Å². The van der Waals surface area contributed by atoms with E-state index in [9.17, 15) is 10.1 Å². The highest BCUT2D eigenvalue weighted by Crippen LogP contribution is 2.24. The lowest BCUT2D eigenvalue weighted by Crippen LogP contribution is -1.94. The number of rotatable bonds is 2. The van der Waals surface area contributed by atoms with E-state index in [4.69, 9.17) is 12.2 Å². The van der Waals surface area contributed by atoms with Gasteiger partial charge in [-0.3, -0.25) is 15.2 Å². The number of aromatic nitrogens is 4. The van der Waals surface area contributed by atoms with Crippen LogP contribution in [0.1, 0.15) is 0 Å². The van der Waals surface area contributed by atoms with Crippen LogP contribution in [0.4, 0.5) is 5.69 Å². The SMILES string of the molecule is O=[N+]([O-])c1cccc(-c2nc3c4ccccc4nc(=S)n3[nH]2)c1. The number of nitrogens with zero attached hydrogens (tertiary/aromatic N) is 4. The fraction of sp³-hybridized carbons (Fsp3) is 0. The molecule has 4 aromatic rings. The fourth-order valence-electron chi connectivity index (χ4n) is 2.47. The van der Waals surface area contributed by atoms with Gasteiger partial charge in [0.2, 0.25) is 4.77 Å². The Hall–Kier alpha value is -3.13. The van der Waals surface area contributed by atoms with Crippen molar-refractivity contribution in [2.75, 3.05) is 0 Å². The van der Waals surface area contributed by atoms with E-state index in [2.05, 4.69) is 15.1 Å². The minimum atomic E-state index is -0.436. The molecule has 2 aromatic heterocycles. The number of fused-ring (bicyclic) bond motifs is 3. The summed E-state index contributed by atoms with van der Waals surface area (Å²) in [6.07, 6.45) is 0. The van der Waals surface area contributed by atoms with Crippen LogP contribution < -0.4 is 0 Å². The average molecular weight is 323 g/mol. The van der Waals surface area contributed by atoms with Gasteiger partial charge >= 0.3 is 0 Å². The molecule has 112 valence electrons. The third kappa shape index (κ3) is 2.16. The van der Waals surface area contributed by atoms with E-state index in [0.717, 1.165) is 10.9 Å². The Morgan fingerprint density at radius 2 is 1.96 bits per heavy atom. The summed E-state index contributed by atoms with van der Waals surface area (Å²) in [5, 5.41) is 14.8. The van der Waals surface area contributed by atoms with Crippen molar-refractivity contribution in [2.24, 2.45) is 0 Å². The summed E-state index contributed by atoms with van der Waals surface area (Å²) in [5.74, 6) is 0.498. The van der Waals surface area contributed by atoms with Gasteiger partial charge in [0.05, 0.1) is 10.4 Å². The zero-order chi connectivity index (χ0) is 16.0. The summed E-state index contributed by atoms with van der Waals surface area (Å²) < 4.78 is 1.95. The molecular weight excluding hydrogens is 314 g/mol. The van der Waals surface area contributed by atoms with E-state index in [0.29, 0.717) is 21.8 Å². The predicted molar refractivity (Wildman–Crippen MR) is 87.8 cm³/mol. The van der Waals surface area contributed by atoms with Crippen molar-refractivity contribution in [1.82, 2.24) is 19.6 Å². The van der Waals surface area contributed by atoms with Crippen LogP contribution in [0.25, 0.3) is 27.9 Å². The monoisotopic (exact) mass is 323 g/mol. The molecule has 0 saturated carbocycles. The minimum Gasteiger partial charge on any atom is -0.273 e. The van der Waals surface area contributed by atoms with Crippen molar-refractivity contribution in [2.45, 2.75) is 0 Å². The zero-order valence-corrected chi connectivity index (χ0v) is 12.4. The second-order valence-electron chi connectivity index (χ2n) is 4.95. The smallest absolute Gasteiger partial charge is 0.270 e. The summed E-state index contributed by atoms with van der Waals surface area (Å²) >= 11 is 5.28. The van der Waals surface area contributed by atoms with Gasteiger partial charge in [0.25, 0.3) is 5.69 Å². The number of benzene rings is 2. The number of nitro groups is 1. The Balaban J connectivity index is 2.01. The van der Waals surface area contributed by atoms with Crippen molar-refractivity contribution in [3.63, 3.8) is 0 Å². The summed E-state index contributed by atoms with van der Waals surface area (Å²) in [7, 11) is 0. The second-order valence-corrected chi connectivity index (χ2v) is 5.32. The van der Waals surface area contributed by atoms with Crippen molar-refractivity contribution < 1.29 is 4.92 Å². The van der Waals surface area contributed by atoms with Gasteiger partial charge in [0, 0.05) is 23.1 Å². The highest BCUT2D eigenvalue weighted by molar-refractivity contribution is 7.71. The Kier molecular flexibility index (Phi) is 2.91. The molecule has 0 atom stereocenters. The molecule has 0 aliphatic rings. The zero-order valence-electron chi connectivity index (χ0n) is 11.6. The second kappa shape index (κ2) is 4.96. The minimum absolute atomic E-state index is 0.00883. The van der Waals surface area contributed by atoms with Gasteiger partial charge in [-0.15, -0.1) is 0 Å². The molecule has 0 spiro atoms. The van der Waals surface area contributed by atoms with Gasteiger partial charge in [0.1, 0.15) is 0 Å². The van der Waals surface area contributed by atoms with Crippen LogP contribution >= 0.6 is 12.2 Å². The van der Waals surface area contributed by atoms with Crippen molar-refractivity contribution >= 4 is 34.5 Å². The molecule has 0 bridgehead atoms. The van der Waals surface area contributed by atoms with Gasteiger partial charge < -0.3 is 0 Å². The standard InChI is InChI=1S/C15H9N5O2S/c21-20(22)10-5-3-4-9(8-10)13-17-14-11-6-1-2-7-12(11)16-15(23)19(14)18-13/h1-8H,(H,17,18). The van der Waals surface area contributed by atoms with Crippen LogP contribution in [0.2, 0.25) is 0 Å². The van der Waals surface area contributed by atoms with E-state index >= 15 is 0 Å². The third-order valence-corrected chi connectivity index (χ3v) is 3.80. The molecule has 0 radical (unpaired) electrons. The van der Waals surface area contributed by atoms with Gasteiger partial charge in [-0.05, 0) is 24.4 Å². The Bertz CT molecular complexity index is 1130. The molecule has 0 amide bonds. The molecule has 8 heteroatoms. The van der Waals surface area contributed by atoms with E-state index in [1.807, 2.05) is 24.3 Å². The van der Waals surface area contributed by atoms with Crippen molar-refractivity contribution in [3.8, 4) is 11.4 Å². The number of hydrogen-bond acceptors (Lipinski definition) is 5. The lowest BCUT2D eigenvalue weighted by atomic mass is 10.2. The van der Waals surface area contributed by atoms with Gasteiger partial charge in [0.15, 0.2) is 11.5 Å². The van der Waals surface area contributed by atoms with Crippen LogP contribution in [0, 0.1) is 14.9 Å². The summed E-state index contributed by atoms with van der Waals surface area (Å²) in [4.78, 5) is 19.4. The number of H-pyrrole nitrogens is 1. The van der Waals surface area contributed by atoms with Crippen LogP contribution in [-0.2, 0) is 0 Å². The number of hydrogen-bond donors (Lipinski definition) is 1. The number of para-hydroxylation sites is 1. The molecule has 23 heavy (non-hydrogen) atoms. The highest BCUT2D eigenvalue weighted by atomic mass is 32.1. The first kappa shape index (κ1) is 13.5. The molecule has 0 unspecified atom stereocenters. The number of nitrogens with one attached hydrogen (secondary N) is 1. The van der Waals surface area contributed by atoms with Crippen molar-refractivity contribution in [3.05, 3.63) is 63.4 Å². The quantitative estimate of drug-likeness (QED) is 0.346. The first-order chi connectivity index (χ1) is 11.1. The number of non-ortho nitro benzene ring substituents is 1. The first-order valence-electron chi connectivity index (χ1n) is 6.76. The molecule has 1 N–H and O–H groups in total. The van der Waals surface area contributed by atoms with Crippen LogP contribution in [0.3, 0.4) is 0 Å². The fourth-order valence-corrected chi connectivity index (χ4v) is 2.70. The highest BCUT2D eigenvalue weighted by Gasteiger charge is 2.12. The van der Waals surface area contributed by atoms with Crippen LogP contribution in [-0.4, -0.2) is 24.5 Å². The molecule has 0 aliphatic heterocycles. The molecule has 2 heterocycles. The predicted octanol–water partition coefficient (Wildman–Crippen LogP) is 3.52. The van der Waals surface area contributed by atoms with Gasteiger partial charge in [-0.2, -0.15) is 0 Å². The molecule has 4 rings (SSSR count). The average Bonchev–Trinajstić information content (AvgIpc) is 3.01. The lowest BCUT2D eigenvalue weighted by molar-refractivity contribution is -0.384. The maximum absolute atomic E-state index is 10.9. The number of aromatic amines is 1. The maximum Gasteiger partial charge on any atom is 0.270 e. The van der Waals surface area contributed by atoms with E-state index in [-0.39, 0.29) is 5.69 Å². The van der Waals surface area contributed by atoms with Crippen LogP contribution in [0.5, 0.6) is 0 Å². The molecular formula is C15H9N5O2S. The van der Waals surface area contributed by atoms with E-state index in [1.54, 1.807) is 16.6 Å². The van der Waals surface area contributed by atoms with Gasteiger partial charge in [-0.25, -0.2) is 14.5 Å². The number of nitro benzene ring substituents is 1. The van der Waals surface area contributed by atoms with Gasteiger partial charge in [-0.1, -0.05) is 24.3 Å². The summed E-state index contributed by atoms with van der Waals surface area (Å²) in [6.45, 7) is 0. The molecule has 7 nitrogen and oxygen atoms in total. The molecule has 2 aromatic carbocycles. The van der Waals surface area contributed by atoms with Crippen LogP contribution in [0.15, 0.2) is 48.5 Å². The van der Waals surface area contributed by atoms with E-state index < -0.39 is 4.92 Å². The Morgan fingerprint density at radius 1 is 1.13 bits per heavy atom. The molecule has 0 aliphatic carbocycles.